The topological polar surface area (TPSA) is 82.5 Å². The number of carbonyl (C=O) groups is 1. The maximum Gasteiger partial charge on any atom is 0.416 e. The zero-order chi connectivity index (χ0) is 18.8. The lowest BCUT2D eigenvalue weighted by Crippen LogP contribution is -2.32. The van der Waals surface area contributed by atoms with Crippen molar-refractivity contribution < 1.29 is 32.6 Å². The van der Waals surface area contributed by atoms with Gasteiger partial charge in [0.15, 0.2) is 0 Å². The molecule has 0 fully saturated rings. The highest BCUT2D eigenvalue weighted by atomic mass is 79.9. The fraction of sp³-hybridized carbons (Fsp3) is 0.200. The van der Waals surface area contributed by atoms with E-state index in [0.29, 0.717) is 4.47 Å². The third kappa shape index (κ3) is 4.67. The lowest BCUT2D eigenvalue weighted by Gasteiger charge is -2.24. The largest absolute Gasteiger partial charge is 0.465 e. The first-order chi connectivity index (χ1) is 11.6. The number of carboxylic acid groups (broad SMARTS) is 1. The van der Waals surface area contributed by atoms with Gasteiger partial charge in [0.1, 0.15) is 6.10 Å². The maximum absolute atomic E-state index is 13.9. The normalized spacial score (nSPS) is 14.0. The van der Waals surface area contributed by atoms with Crippen molar-refractivity contribution in [2.24, 2.45) is 0 Å². The van der Waals surface area contributed by atoms with Gasteiger partial charge in [-0.25, -0.2) is 9.78 Å². The number of aliphatic hydroxyl groups excluding tert-OH is 1. The van der Waals surface area contributed by atoms with Gasteiger partial charge in [-0.3, -0.25) is 0 Å². The van der Waals surface area contributed by atoms with Gasteiger partial charge in [-0.1, -0.05) is 12.1 Å². The Morgan fingerprint density at radius 1 is 1.24 bits per heavy atom. The van der Waals surface area contributed by atoms with E-state index in [0.717, 1.165) is 30.5 Å². The molecule has 2 atom stereocenters. The summed E-state index contributed by atoms with van der Waals surface area (Å²) in [4.78, 5) is 14.4. The van der Waals surface area contributed by atoms with Crippen LogP contribution in [0.2, 0.25) is 0 Å². The van der Waals surface area contributed by atoms with E-state index in [-0.39, 0.29) is 11.1 Å². The summed E-state index contributed by atoms with van der Waals surface area (Å²) in [5.74, 6) is -1.02. The van der Waals surface area contributed by atoms with Crippen molar-refractivity contribution in [3.8, 4) is 0 Å². The summed E-state index contributed by atoms with van der Waals surface area (Å²) in [5, 5.41) is 21.3. The minimum Gasteiger partial charge on any atom is -0.465 e. The maximum atomic E-state index is 13.9. The van der Waals surface area contributed by atoms with E-state index in [1.54, 1.807) is 0 Å². The van der Waals surface area contributed by atoms with Gasteiger partial charge in [0.2, 0.25) is 5.95 Å². The van der Waals surface area contributed by atoms with Gasteiger partial charge in [0.05, 0.1) is 11.6 Å². The smallest absolute Gasteiger partial charge is 0.416 e. The predicted molar refractivity (Wildman–Crippen MR) is 82.2 cm³/mol. The van der Waals surface area contributed by atoms with Gasteiger partial charge < -0.3 is 15.5 Å². The van der Waals surface area contributed by atoms with Crippen molar-refractivity contribution in [3.05, 3.63) is 63.6 Å². The van der Waals surface area contributed by atoms with Crippen LogP contribution in [-0.4, -0.2) is 21.3 Å². The fourth-order valence-corrected chi connectivity index (χ4v) is 2.53. The van der Waals surface area contributed by atoms with Crippen molar-refractivity contribution in [1.82, 2.24) is 10.3 Å². The van der Waals surface area contributed by atoms with Crippen LogP contribution in [0.4, 0.5) is 22.4 Å². The molecule has 1 amide bonds. The number of benzene rings is 1. The summed E-state index contributed by atoms with van der Waals surface area (Å²) in [6, 6.07) is 3.22. The van der Waals surface area contributed by atoms with Crippen LogP contribution in [0.3, 0.4) is 0 Å². The molecule has 0 aliphatic carbocycles. The van der Waals surface area contributed by atoms with Crippen molar-refractivity contribution in [1.29, 1.82) is 0 Å². The molecule has 1 heterocycles. The summed E-state index contributed by atoms with van der Waals surface area (Å²) in [5.41, 5.74) is -1.21. The molecule has 3 N–H and O–H groups in total. The molecule has 134 valence electrons. The molecule has 0 radical (unpaired) electrons. The molecule has 25 heavy (non-hydrogen) atoms. The van der Waals surface area contributed by atoms with Crippen LogP contribution in [-0.2, 0) is 6.18 Å². The number of halogens is 5. The van der Waals surface area contributed by atoms with E-state index < -0.39 is 35.9 Å². The molecule has 10 heteroatoms. The fourth-order valence-electron chi connectivity index (χ4n) is 2.18. The molecule has 1 aromatic heterocycles. The summed E-state index contributed by atoms with van der Waals surface area (Å²) >= 11 is 3.06. The summed E-state index contributed by atoms with van der Waals surface area (Å²) in [6.07, 6.45) is -6.59. The van der Waals surface area contributed by atoms with Crippen molar-refractivity contribution in [2.45, 2.75) is 18.3 Å². The van der Waals surface area contributed by atoms with Crippen LogP contribution in [0.1, 0.15) is 28.8 Å². The van der Waals surface area contributed by atoms with Crippen LogP contribution < -0.4 is 5.32 Å². The summed E-state index contributed by atoms with van der Waals surface area (Å²) in [6.45, 7) is 0. The van der Waals surface area contributed by atoms with Crippen LogP contribution in [0.25, 0.3) is 0 Å². The van der Waals surface area contributed by atoms with Crippen molar-refractivity contribution in [3.63, 3.8) is 0 Å². The van der Waals surface area contributed by atoms with Gasteiger partial charge in [-0.15, -0.1) is 0 Å². The third-order valence-corrected chi connectivity index (χ3v) is 3.78. The van der Waals surface area contributed by atoms with Crippen LogP contribution in [0.5, 0.6) is 0 Å². The third-order valence-electron chi connectivity index (χ3n) is 3.34. The number of hydrogen-bond acceptors (Lipinski definition) is 3. The Kier molecular flexibility index (Phi) is 5.63. The number of aliphatic hydroxyl groups is 1. The van der Waals surface area contributed by atoms with Gasteiger partial charge in [0.25, 0.3) is 0 Å². The zero-order valence-electron chi connectivity index (χ0n) is 12.3. The molecule has 0 aliphatic rings. The van der Waals surface area contributed by atoms with Gasteiger partial charge in [-0.05, 0) is 39.7 Å². The van der Waals surface area contributed by atoms with E-state index in [1.165, 1.54) is 6.07 Å². The van der Waals surface area contributed by atoms with E-state index >= 15 is 0 Å². The van der Waals surface area contributed by atoms with Gasteiger partial charge in [-0.2, -0.15) is 17.6 Å². The van der Waals surface area contributed by atoms with Gasteiger partial charge >= 0.3 is 12.3 Å². The highest BCUT2D eigenvalue weighted by Crippen LogP contribution is 2.34. The van der Waals surface area contributed by atoms with Crippen LogP contribution in [0.15, 0.2) is 41.0 Å². The SMILES string of the molecule is O=C(O)N[C@H](c1cc(Br)cnc1F)[C@H](O)c1ccc(C(F)(F)F)cc1. The molecular weight excluding hydrogens is 412 g/mol. The molecule has 0 unspecified atom stereocenters. The number of pyridine rings is 1. The second-order valence-electron chi connectivity index (χ2n) is 5.03. The number of nitrogens with one attached hydrogen (secondary N) is 1. The van der Waals surface area contributed by atoms with Crippen molar-refractivity contribution in [2.75, 3.05) is 0 Å². The molecule has 2 aromatic rings. The van der Waals surface area contributed by atoms with Crippen molar-refractivity contribution >= 4 is 22.0 Å². The molecule has 2 rings (SSSR count). The Morgan fingerprint density at radius 2 is 1.84 bits per heavy atom. The van der Waals surface area contributed by atoms with E-state index in [4.69, 9.17) is 5.11 Å². The zero-order valence-corrected chi connectivity index (χ0v) is 13.8. The standard InChI is InChI=1S/C15H11BrF4N2O3/c16-9-5-10(13(17)21-6-9)11(22-14(24)25)12(23)7-1-3-8(4-2-7)15(18,19)20/h1-6,11-12,22-23H,(H,24,25)/t11-,12-/m1/s1. The molecular formula is C15H11BrF4N2O3. The van der Waals surface area contributed by atoms with Crippen LogP contribution >= 0.6 is 15.9 Å². The Balaban J connectivity index is 2.40. The van der Waals surface area contributed by atoms with E-state index in [1.807, 2.05) is 5.32 Å². The molecule has 0 spiro atoms. The highest BCUT2D eigenvalue weighted by Gasteiger charge is 2.32. The lowest BCUT2D eigenvalue weighted by atomic mass is 9.96. The Bertz CT molecular complexity index is 768. The van der Waals surface area contributed by atoms with E-state index in [9.17, 15) is 27.5 Å². The number of alkyl halides is 3. The monoisotopic (exact) mass is 422 g/mol. The highest BCUT2D eigenvalue weighted by molar-refractivity contribution is 9.10. The first-order valence-electron chi connectivity index (χ1n) is 6.75. The number of aromatic nitrogens is 1. The molecule has 0 saturated carbocycles. The first-order valence-corrected chi connectivity index (χ1v) is 7.54. The molecule has 0 bridgehead atoms. The Labute approximate surface area is 147 Å². The summed E-state index contributed by atoms with van der Waals surface area (Å²) < 4.78 is 52.1. The first kappa shape index (κ1) is 19.1. The minimum absolute atomic E-state index is 0.0221. The number of rotatable bonds is 4. The molecule has 0 saturated heterocycles. The lowest BCUT2D eigenvalue weighted by molar-refractivity contribution is -0.137. The molecule has 5 nitrogen and oxygen atoms in total. The average molecular weight is 423 g/mol. The second-order valence-corrected chi connectivity index (χ2v) is 5.94. The number of nitrogens with zero attached hydrogens (tertiary/aromatic N) is 1. The summed E-state index contributed by atoms with van der Waals surface area (Å²) in [7, 11) is 0. The minimum atomic E-state index is -4.55. The van der Waals surface area contributed by atoms with Crippen LogP contribution in [0, 0.1) is 5.95 Å². The van der Waals surface area contributed by atoms with Gasteiger partial charge in [0, 0.05) is 16.2 Å². The predicted octanol–water partition coefficient (Wildman–Crippen LogP) is 4.04. The number of hydrogen-bond donors (Lipinski definition) is 3. The Morgan fingerprint density at radius 3 is 2.36 bits per heavy atom. The quantitative estimate of drug-likeness (QED) is 0.512. The number of amides is 1. The molecule has 0 aliphatic heterocycles. The second kappa shape index (κ2) is 7.36. The molecule has 1 aromatic carbocycles. The average Bonchev–Trinajstić information content (AvgIpc) is 2.53. The Hall–Kier alpha value is -2.20. The van der Waals surface area contributed by atoms with E-state index in [2.05, 4.69) is 20.9 Å².